The Morgan fingerprint density at radius 2 is 1.01 bits per heavy atom. The Kier molecular flexibility index (Phi) is 7.93. The molecule has 2 unspecified atom stereocenters. The smallest absolute Gasteiger partial charge is 0.159 e. The van der Waals surface area contributed by atoms with Crippen molar-refractivity contribution in [3.8, 4) is 22.5 Å². The van der Waals surface area contributed by atoms with E-state index in [1.54, 1.807) is 0 Å². The minimum Gasteiger partial charge on any atom is -0.456 e. The zero-order valence-electron chi connectivity index (χ0n) is 36.7. The molecular weight excluding hydrogens is 847 g/mol. The third-order valence-electron chi connectivity index (χ3n) is 14.8. The highest BCUT2D eigenvalue weighted by Crippen LogP contribution is 2.67. The van der Waals surface area contributed by atoms with Crippen LogP contribution in [0.1, 0.15) is 44.9 Å². The van der Waals surface area contributed by atoms with Crippen molar-refractivity contribution in [1.29, 1.82) is 0 Å². The van der Waals surface area contributed by atoms with Crippen LogP contribution < -0.4 is 4.90 Å². The van der Waals surface area contributed by atoms with Crippen LogP contribution in [0.15, 0.2) is 239 Å². The van der Waals surface area contributed by atoms with Gasteiger partial charge in [0.05, 0.1) is 16.8 Å². The molecule has 3 heterocycles. The first-order chi connectivity index (χ1) is 33.7. The molecule has 0 bridgehead atoms. The average molecular weight is 886 g/mol. The lowest BCUT2D eigenvalue weighted by atomic mass is 9.69. The Bertz CT molecular complexity index is 4180. The minimum absolute atomic E-state index is 0.0176. The molecule has 2 aliphatic rings. The van der Waals surface area contributed by atoms with Crippen LogP contribution in [-0.4, -0.2) is 0 Å². The van der Waals surface area contributed by atoms with Gasteiger partial charge in [-0.3, -0.25) is 0 Å². The summed E-state index contributed by atoms with van der Waals surface area (Å²) in [5.74, 6) is 0.882. The van der Waals surface area contributed by atoms with Crippen LogP contribution in [0.4, 0.5) is 17.1 Å². The van der Waals surface area contributed by atoms with Crippen LogP contribution in [0, 0.1) is 0 Å². The Hall–Kier alpha value is -8.44. The molecule has 13 aromatic rings. The molecular formula is C64H39NO2S. The predicted octanol–water partition coefficient (Wildman–Crippen LogP) is 17.7. The molecule has 1 spiro atoms. The van der Waals surface area contributed by atoms with Gasteiger partial charge in [-0.15, -0.1) is 11.3 Å². The normalized spacial score (nSPS) is 15.1. The summed E-state index contributed by atoms with van der Waals surface area (Å²) in [7, 11) is 0. The number of hydrogen-bond donors (Lipinski definition) is 0. The van der Waals surface area contributed by atoms with Crippen molar-refractivity contribution in [1.82, 2.24) is 0 Å². The average Bonchev–Trinajstić information content (AvgIpc) is 4.20. The molecule has 10 aromatic carbocycles. The van der Waals surface area contributed by atoms with Crippen molar-refractivity contribution in [3.05, 3.63) is 269 Å². The summed E-state index contributed by atoms with van der Waals surface area (Å²) >= 11 is 1.87. The van der Waals surface area contributed by atoms with Crippen LogP contribution in [0.3, 0.4) is 0 Å². The van der Waals surface area contributed by atoms with Gasteiger partial charge in [0.15, 0.2) is 5.58 Å². The third kappa shape index (κ3) is 5.12. The molecule has 68 heavy (non-hydrogen) atoms. The molecule has 0 saturated carbocycles. The number of nitrogens with zero attached hydrogens (tertiary/aromatic N) is 1. The van der Waals surface area contributed by atoms with E-state index in [4.69, 9.17) is 8.83 Å². The van der Waals surface area contributed by atoms with E-state index in [2.05, 4.69) is 229 Å². The van der Waals surface area contributed by atoms with Crippen LogP contribution in [0.2, 0.25) is 0 Å². The number of thiophene rings is 1. The summed E-state index contributed by atoms with van der Waals surface area (Å²) in [5.41, 5.74) is 17.2. The molecule has 0 saturated heterocycles. The zero-order chi connectivity index (χ0) is 44.5. The van der Waals surface area contributed by atoms with Crippen molar-refractivity contribution in [3.63, 3.8) is 0 Å². The minimum atomic E-state index is -0.697. The number of hydrogen-bond acceptors (Lipinski definition) is 4. The molecule has 15 rings (SSSR count). The van der Waals surface area contributed by atoms with Crippen molar-refractivity contribution in [2.24, 2.45) is 0 Å². The topological polar surface area (TPSA) is 29.5 Å². The van der Waals surface area contributed by atoms with E-state index in [1.807, 2.05) is 17.4 Å². The van der Waals surface area contributed by atoms with Crippen molar-refractivity contribution in [2.45, 2.75) is 11.3 Å². The predicted molar refractivity (Wildman–Crippen MR) is 281 cm³/mol. The van der Waals surface area contributed by atoms with Gasteiger partial charge in [0.1, 0.15) is 16.9 Å². The Labute approximate surface area is 396 Å². The maximum Gasteiger partial charge on any atom is 0.159 e. The van der Waals surface area contributed by atoms with Crippen molar-refractivity contribution in [2.75, 3.05) is 4.90 Å². The summed E-state index contributed by atoms with van der Waals surface area (Å²) in [5, 5.41) is 5.92. The number of para-hydroxylation sites is 4. The fourth-order valence-electron chi connectivity index (χ4n) is 12.1. The maximum atomic E-state index is 7.29. The van der Waals surface area contributed by atoms with Crippen LogP contribution >= 0.6 is 11.3 Å². The highest BCUT2D eigenvalue weighted by molar-refractivity contribution is 7.25. The molecule has 4 heteroatoms. The lowest BCUT2D eigenvalue weighted by Crippen LogP contribution is -2.26. The van der Waals surface area contributed by atoms with E-state index in [9.17, 15) is 0 Å². The molecule has 2 aliphatic carbocycles. The standard InChI is InChI=1S/C64H39NO2S/c1-3-17-39(18-4-1)59(40-34-36-58-49(37-40)46-23-10-14-32-57(46)68-58)41-33-35-44-43-21-7-11-26-50(43)64(52(44)38-41)51-27-16-28-53(60(51)63-61(64)48-24-9-13-31-56(48)67-63)65(42-19-5-2-6-20-42)54-29-15-25-47-45-22-8-12-30-55(45)66-62(47)54/h1-38,59H. The van der Waals surface area contributed by atoms with Crippen LogP contribution in [0.5, 0.6) is 0 Å². The fourth-order valence-corrected chi connectivity index (χ4v) is 13.2. The first-order valence-corrected chi connectivity index (χ1v) is 24.2. The van der Waals surface area contributed by atoms with E-state index < -0.39 is 5.41 Å². The molecule has 3 aromatic heterocycles. The number of benzene rings is 10. The molecule has 0 N–H and O–H groups in total. The first-order valence-electron chi connectivity index (χ1n) is 23.4. The van der Waals surface area contributed by atoms with Gasteiger partial charge in [-0.05, 0) is 99.1 Å². The molecule has 0 radical (unpaired) electrons. The first kappa shape index (κ1) is 37.7. The van der Waals surface area contributed by atoms with E-state index in [0.29, 0.717) is 0 Å². The summed E-state index contributed by atoms with van der Waals surface area (Å²) in [6.45, 7) is 0. The highest BCUT2D eigenvalue weighted by Gasteiger charge is 2.55. The van der Waals surface area contributed by atoms with Crippen LogP contribution in [0.25, 0.3) is 75.5 Å². The van der Waals surface area contributed by atoms with Crippen molar-refractivity contribution < 1.29 is 8.83 Å². The molecule has 3 nitrogen and oxygen atoms in total. The Balaban J connectivity index is 1.03. The number of fused-ring (bicyclic) bond motifs is 18. The Morgan fingerprint density at radius 1 is 0.397 bits per heavy atom. The second-order valence-corrected chi connectivity index (χ2v) is 19.3. The van der Waals surface area contributed by atoms with E-state index in [0.717, 1.165) is 61.3 Å². The summed E-state index contributed by atoms with van der Waals surface area (Å²) in [4.78, 5) is 2.38. The van der Waals surface area contributed by atoms with Gasteiger partial charge in [0.2, 0.25) is 0 Å². The maximum absolute atomic E-state index is 7.29. The molecule has 0 amide bonds. The lowest BCUT2D eigenvalue weighted by Gasteiger charge is -2.32. The molecule has 318 valence electrons. The Morgan fingerprint density at radius 3 is 1.88 bits per heavy atom. The number of furan rings is 2. The van der Waals surface area contributed by atoms with Gasteiger partial charge in [0.25, 0.3) is 0 Å². The summed E-state index contributed by atoms with van der Waals surface area (Å²) in [6, 6.07) is 84.4. The second kappa shape index (κ2) is 14.3. The van der Waals surface area contributed by atoms with Gasteiger partial charge in [-0.1, -0.05) is 176 Å². The highest BCUT2D eigenvalue weighted by atomic mass is 32.1. The molecule has 0 fully saturated rings. The summed E-state index contributed by atoms with van der Waals surface area (Å²) in [6.07, 6.45) is 0. The third-order valence-corrected chi connectivity index (χ3v) is 15.9. The SMILES string of the molecule is c1ccc(C(c2ccc3c(c2)C2(c4ccccc4-3)c3cccc(N(c4ccccc4)c4cccc5c4oc4ccccc45)c3-c3oc4ccccc4c32)c2ccc3sc4ccccc4c3c2)cc1. The summed E-state index contributed by atoms with van der Waals surface area (Å²) < 4.78 is 16.7. The fraction of sp³-hybridized carbons (Fsp3) is 0.0312. The van der Waals surface area contributed by atoms with Gasteiger partial charge in [-0.2, -0.15) is 0 Å². The largest absolute Gasteiger partial charge is 0.456 e. The van der Waals surface area contributed by atoms with Gasteiger partial charge in [-0.25, -0.2) is 0 Å². The monoisotopic (exact) mass is 885 g/mol. The van der Waals surface area contributed by atoms with Crippen LogP contribution in [-0.2, 0) is 5.41 Å². The van der Waals surface area contributed by atoms with E-state index >= 15 is 0 Å². The second-order valence-electron chi connectivity index (χ2n) is 18.2. The molecule has 2 atom stereocenters. The van der Waals surface area contributed by atoms with Crippen molar-refractivity contribution >= 4 is 81.5 Å². The molecule has 0 aliphatic heterocycles. The van der Waals surface area contributed by atoms with Gasteiger partial charge in [0, 0.05) is 59.1 Å². The lowest BCUT2D eigenvalue weighted by molar-refractivity contribution is 0.628. The number of rotatable bonds is 6. The van der Waals surface area contributed by atoms with E-state index in [-0.39, 0.29) is 5.92 Å². The number of anilines is 3. The zero-order valence-corrected chi connectivity index (χ0v) is 37.5. The van der Waals surface area contributed by atoms with E-state index in [1.165, 1.54) is 70.2 Å². The van der Waals surface area contributed by atoms with Gasteiger partial charge < -0.3 is 13.7 Å². The quantitative estimate of drug-likeness (QED) is 0.156. The van der Waals surface area contributed by atoms with Gasteiger partial charge >= 0.3 is 0 Å².